The van der Waals surface area contributed by atoms with Crippen LogP contribution in [0.5, 0.6) is 0 Å². The number of ether oxygens (including phenoxy) is 1. The summed E-state index contributed by atoms with van der Waals surface area (Å²) < 4.78 is 20.6. The number of benzene rings is 1. The molecule has 19 heavy (non-hydrogen) atoms. The zero-order valence-electron chi connectivity index (χ0n) is 10.6. The molecule has 1 atom stereocenters. The minimum absolute atomic E-state index is 0.279. The molecule has 1 aliphatic rings. The highest BCUT2D eigenvalue weighted by molar-refractivity contribution is 5.43. The van der Waals surface area contributed by atoms with E-state index in [0.29, 0.717) is 18.3 Å². The summed E-state index contributed by atoms with van der Waals surface area (Å²) in [5, 5.41) is 7.55. The third-order valence-electron chi connectivity index (χ3n) is 3.21. The van der Waals surface area contributed by atoms with Gasteiger partial charge in [-0.1, -0.05) is 12.1 Å². The maximum absolute atomic E-state index is 13.6. The Labute approximate surface area is 111 Å². The van der Waals surface area contributed by atoms with E-state index in [0.717, 1.165) is 25.1 Å². The van der Waals surface area contributed by atoms with Crippen LogP contribution >= 0.6 is 0 Å². The third-order valence-corrected chi connectivity index (χ3v) is 3.21. The number of nitrogens with one attached hydrogen (secondary N) is 1. The summed E-state index contributed by atoms with van der Waals surface area (Å²) in [5.41, 5.74) is 1.34. The zero-order chi connectivity index (χ0) is 13.1. The van der Waals surface area contributed by atoms with Crippen LogP contribution in [0.25, 0.3) is 5.69 Å². The van der Waals surface area contributed by atoms with Crippen LogP contribution in [0.2, 0.25) is 0 Å². The minimum atomic E-state index is -0.279. The lowest BCUT2D eigenvalue weighted by Crippen LogP contribution is -2.29. The third kappa shape index (κ3) is 2.76. The van der Waals surface area contributed by atoms with E-state index in [9.17, 15) is 4.39 Å². The van der Waals surface area contributed by atoms with Gasteiger partial charge < -0.3 is 10.1 Å². The molecule has 0 saturated carbocycles. The molecule has 100 valence electrons. The molecule has 5 heteroatoms. The summed E-state index contributed by atoms with van der Waals surface area (Å²) in [6.07, 6.45) is 5.66. The second-order valence-corrected chi connectivity index (χ2v) is 4.68. The molecule has 0 amide bonds. The predicted octanol–water partition coefficient (Wildman–Crippen LogP) is 2.60. The normalized spacial score (nSPS) is 19.3. The molecule has 2 aromatic rings. The monoisotopic (exact) mass is 261 g/mol. The van der Waals surface area contributed by atoms with Gasteiger partial charge in [0, 0.05) is 12.6 Å². The number of halogens is 1. The molecule has 0 bridgehead atoms. The van der Waals surface area contributed by atoms with Gasteiger partial charge in [-0.3, -0.25) is 0 Å². The van der Waals surface area contributed by atoms with E-state index in [1.54, 1.807) is 35.3 Å². The van der Waals surface area contributed by atoms with E-state index in [-0.39, 0.29) is 5.82 Å². The van der Waals surface area contributed by atoms with Crippen molar-refractivity contribution in [2.24, 2.45) is 0 Å². The van der Waals surface area contributed by atoms with Crippen molar-refractivity contribution in [2.75, 3.05) is 18.5 Å². The van der Waals surface area contributed by atoms with E-state index in [1.807, 2.05) is 0 Å². The average Bonchev–Trinajstić information content (AvgIpc) is 2.89. The molecule has 1 N–H and O–H groups in total. The summed E-state index contributed by atoms with van der Waals surface area (Å²) in [5.74, 6) is -0.279. The Balaban J connectivity index is 1.74. The lowest BCUT2D eigenvalue weighted by atomic mass is 10.1. The highest BCUT2D eigenvalue weighted by Gasteiger charge is 2.14. The van der Waals surface area contributed by atoms with Gasteiger partial charge in [0.15, 0.2) is 0 Å². The van der Waals surface area contributed by atoms with Crippen LogP contribution in [0.4, 0.5) is 10.1 Å². The number of hydrogen-bond donors (Lipinski definition) is 1. The topological polar surface area (TPSA) is 39.1 Å². The largest absolute Gasteiger partial charge is 0.379 e. The molecular formula is C14H16FN3O. The predicted molar refractivity (Wildman–Crippen MR) is 71.0 cm³/mol. The second-order valence-electron chi connectivity index (χ2n) is 4.68. The summed E-state index contributed by atoms with van der Waals surface area (Å²) in [6.45, 7) is 1.55. The SMILES string of the molecule is Fc1ccccc1-n1cc(NC2CCCOC2)cn1. The molecule has 1 aromatic carbocycles. The van der Waals surface area contributed by atoms with Crippen molar-refractivity contribution in [3.05, 3.63) is 42.5 Å². The quantitative estimate of drug-likeness (QED) is 0.923. The molecule has 0 aliphatic carbocycles. The summed E-state index contributed by atoms with van der Waals surface area (Å²) in [6, 6.07) is 6.91. The smallest absolute Gasteiger partial charge is 0.148 e. The standard InChI is InChI=1S/C14H16FN3O/c15-13-5-1-2-6-14(13)18-9-12(8-16-18)17-11-4-3-7-19-10-11/h1-2,5-6,8-9,11,17H,3-4,7,10H2. The Morgan fingerprint density at radius 1 is 1.37 bits per heavy atom. The molecule has 0 radical (unpaired) electrons. The van der Waals surface area contributed by atoms with Crippen LogP contribution in [0.3, 0.4) is 0 Å². The zero-order valence-corrected chi connectivity index (χ0v) is 10.6. The molecule has 1 unspecified atom stereocenters. The van der Waals surface area contributed by atoms with Gasteiger partial charge in [-0.25, -0.2) is 9.07 Å². The fourth-order valence-electron chi connectivity index (χ4n) is 2.26. The highest BCUT2D eigenvalue weighted by atomic mass is 19.1. The second kappa shape index (κ2) is 5.40. The van der Waals surface area contributed by atoms with Crippen LogP contribution < -0.4 is 5.32 Å². The van der Waals surface area contributed by atoms with Crippen molar-refractivity contribution in [1.29, 1.82) is 0 Å². The lowest BCUT2D eigenvalue weighted by molar-refractivity contribution is 0.0876. The molecule has 0 spiro atoms. The Kier molecular flexibility index (Phi) is 3.46. The molecule has 1 fully saturated rings. The summed E-state index contributed by atoms with van der Waals surface area (Å²) >= 11 is 0. The first-order valence-corrected chi connectivity index (χ1v) is 6.47. The molecule has 3 rings (SSSR count). The van der Waals surface area contributed by atoms with Crippen molar-refractivity contribution in [1.82, 2.24) is 9.78 Å². The molecule has 1 aromatic heterocycles. The van der Waals surface area contributed by atoms with Crippen molar-refractivity contribution in [3.63, 3.8) is 0 Å². The maximum atomic E-state index is 13.6. The minimum Gasteiger partial charge on any atom is -0.379 e. The van der Waals surface area contributed by atoms with E-state index >= 15 is 0 Å². The van der Waals surface area contributed by atoms with Gasteiger partial charge in [0.05, 0.1) is 24.7 Å². The number of rotatable bonds is 3. The van der Waals surface area contributed by atoms with Gasteiger partial charge in [-0.05, 0) is 25.0 Å². The van der Waals surface area contributed by atoms with Gasteiger partial charge in [-0.15, -0.1) is 0 Å². The summed E-state index contributed by atoms with van der Waals surface area (Å²) in [7, 11) is 0. The lowest BCUT2D eigenvalue weighted by Gasteiger charge is -2.23. The van der Waals surface area contributed by atoms with Crippen molar-refractivity contribution >= 4 is 5.69 Å². The molecule has 4 nitrogen and oxygen atoms in total. The van der Waals surface area contributed by atoms with E-state index in [1.165, 1.54) is 6.07 Å². The van der Waals surface area contributed by atoms with Crippen LogP contribution in [0, 0.1) is 5.82 Å². The number of para-hydroxylation sites is 1. The highest BCUT2D eigenvalue weighted by Crippen LogP contribution is 2.17. The fourth-order valence-corrected chi connectivity index (χ4v) is 2.26. The fraction of sp³-hybridized carbons (Fsp3) is 0.357. The average molecular weight is 261 g/mol. The van der Waals surface area contributed by atoms with Gasteiger partial charge in [0.2, 0.25) is 0 Å². The van der Waals surface area contributed by atoms with Gasteiger partial charge in [0.1, 0.15) is 11.5 Å². The first-order valence-electron chi connectivity index (χ1n) is 6.47. The molecule has 1 aliphatic heterocycles. The Morgan fingerprint density at radius 3 is 3.05 bits per heavy atom. The van der Waals surface area contributed by atoms with Gasteiger partial charge in [0.25, 0.3) is 0 Å². The van der Waals surface area contributed by atoms with E-state index in [4.69, 9.17) is 4.74 Å². The maximum Gasteiger partial charge on any atom is 0.148 e. The van der Waals surface area contributed by atoms with Gasteiger partial charge >= 0.3 is 0 Å². The first kappa shape index (κ1) is 12.2. The number of aromatic nitrogens is 2. The Morgan fingerprint density at radius 2 is 2.26 bits per heavy atom. The Hall–Kier alpha value is -1.88. The first-order chi connectivity index (χ1) is 9.33. The van der Waals surface area contributed by atoms with Gasteiger partial charge in [-0.2, -0.15) is 5.10 Å². The van der Waals surface area contributed by atoms with Crippen molar-refractivity contribution in [3.8, 4) is 5.69 Å². The van der Waals surface area contributed by atoms with Crippen LogP contribution in [-0.4, -0.2) is 29.0 Å². The Bertz CT molecular complexity index is 549. The van der Waals surface area contributed by atoms with Crippen LogP contribution in [0.1, 0.15) is 12.8 Å². The van der Waals surface area contributed by atoms with E-state index in [2.05, 4.69) is 10.4 Å². The van der Waals surface area contributed by atoms with E-state index < -0.39 is 0 Å². The number of anilines is 1. The van der Waals surface area contributed by atoms with Crippen LogP contribution in [0.15, 0.2) is 36.7 Å². The van der Waals surface area contributed by atoms with Crippen molar-refractivity contribution < 1.29 is 9.13 Å². The molecule has 2 heterocycles. The van der Waals surface area contributed by atoms with Crippen molar-refractivity contribution in [2.45, 2.75) is 18.9 Å². The number of nitrogens with zero attached hydrogens (tertiary/aromatic N) is 2. The van der Waals surface area contributed by atoms with Crippen LogP contribution in [-0.2, 0) is 4.74 Å². The molecular weight excluding hydrogens is 245 g/mol. The summed E-state index contributed by atoms with van der Waals surface area (Å²) in [4.78, 5) is 0. The number of hydrogen-bond acceptors (Lipinski definition) is 3. The molecule has 1 saturated heterocycles.